The summed E-state index contributed by atoms with van der Waals surface area (Å²) in [6.45, 7) is 6.97. The molecule has 0 aliphatic rings. The van der Waals surface area contributed by atoms with Crippen LogP contribution in [0.5, 0.6) is 0 Å². The minimum absolute atomic E-state index is 0.775. The molecule has 4 rings (SSSR count). The maximum Gasteiger partial charge on any atom is 0.136 e. The van der Waals surface area contributed by atoms with Gasteiger partial charge < -0.3 is 9.47 Å². The molecule has 4 aromatic rings. The van der Waals surface area contributed by atoms with Crippen LogP contribution < -0.4 is 0 Å². The van der Waals surface area contributed by atoms with Crippen LogP contribution in [0.1, 0.15) is 25.2 Å². The topological polar surface area (TPSA) is 21.1 Å². The van der Waals surface area contributed by atoms with Gasteiger partial charge in [0, 0.05) is 19.6 Å². The SMILES string of the molecule is CCN(CC)C(=S)SCc1nc2ccccc2n1Cc1ccc2ccccc2c1. The first kappa shape index (κ1) is 19.9. The van der Waals surface area contributed by atoms with Crippen molar-refractivity contribution in [3.05, 3.63) is 78.1 Å². The van der Waals surface area contributed by atoms with Gasteiger partial charge in [0.2, 0.25) is 0 Å². The molecule has 3 aromatic carbocycles. The Labute approximate surface area is 181 Å². The van der Waals surface area contributed by atoms with Gasteiger partial charge in [-0.1, -0.05) is 72.5 Å². The Morgan fingerprint density at radius 3 is 2.48 bits per heavy atom. The van der Waals surface area contributed by atoms with Crippen molar-refractivity contribution < 1.29 is 0 Å². The zero-order valence-corrected chi connectivity index (χ0v) is 18.5. The molecule has 0 saturated carbocycles. The normalized spacial score (nSPS) is 11.2. The molecule has 1 aromatic heterocycles. The van der Waals surface area contributed by atoms with Crippen LogP contribution in [0.3, 0.4) is 0 Å². The molecule has 0 aliphatic heterocycles. The lowest BCUT2D eigenvalue weighted by Gasteiger charge is -2.20. The number of fused-ring (bicyclic) bond motifs is 2. The summed E-state index contributed by atoms with van der Waals surface area (Å²) in [7, 11) is 0. The Morgan fingerprint density at radius 1 is 0.966 bits per heavy atom. The first-order chi connectivity index (χ1) is 14.2. The molecule has 1 heterocycles. The molecule has 0 atom stereocenters. The molecule has 0 fully saturated rings. The Balaban J connectivity index is 1.65. The van der Waals surface area contributed by atoms with Gasteiger partial charge in [0.1, 0.15) is 10.1 Å². The lowest BCUT2D eigenvalue weighted by molar-refractivity contribution is 0.482. The van der Waals surface area contributed by atoms with Crippen molar-refractivity contribution in [3.8, 4) is 0 Å². The summed E-state index contributed by atoms with van der Waals surface area (Å²) in [6.07, 6.45) is 0. The molecule has 0 spiro atoms. The molecule has 0 amide bonds. The number of benzene rings is 3. The van der Waals surface area contributed by atoms with E-state index in [1.807, 2.05) is 6.07 Å². The average molecular weight is 420 g/mol. The predicted molar refractivity (Wildman–Crippen MR) is 130 cm³/mol. The Hall–Kier alpha value is -2.37. The third-order valence-electron chi connectivity index (χ3n) is 5.23. The third kappa shape index (κ3) is 4.31. The maximum absolute atomic E-state index is 5.63. The Morgan fingerprint density at radius 2 is 1.69 bits per heavy atom. The molecule has 148 valence electrons. The summed E-state index contributed by atoms with van der Waals surface area (Å²) in [4.78, 5) is 7.14. The van der Waals surface area contributed by atoms with Crippen molar-refractivity contribution in [2.75, 3.05) is 13.1 Å². The number of rotatable bonds is 6. The smallest absolute Gasteiger partial charge is 0.136 e. The van der Waals surface area contributed by atoms with Gasteiger partial charge in [-0.25, -0.2) is 4.98 Å². The van der Waals surface area contributed by atoms with Crippen molar-refractivity contribution in [3.63, 3.8) is 0 Å². The second-order valence-electron chi connectivity index (χ2n) is 7.01. The lowest BCUT2D eigenvalue weighted by atomic mass is 10.1. The van der Waals surface area contributed by atoms with Crippen LogP contribution in [-0.4, -0.2) is 31.9 Å². The van der Waals surface area contributed by atoms with E-state index in [0.29, 0.717) is 0 Å². The number of para-hydroxylation sites is 2. The molecule has 0 N–H and O–H groups in total. The van der Waals surface area contributed by atoms with Crippen LogP contribution in [0.4, 0.5) is 0 Å². The molecular formula is C24H25N3S2. The van der Waals surface area contributed by atoms with Crippen LogP contribution >= 0.6 is 24.0 Å². The van der Waals surface area contributed by atoms with E-state index in [4.69, 9.17) is 17.2 Å². The van der Waals surface area contributed by atoms with Crippen LogP contribution in [0.15, 0.2) is 66.7 Å². The maximum atomic E-state index is 5.63. The van der Waals surface area contributed by atoms with Gasteiger partial charge in [-0.2, -0.15) is 0 Å². The van der Waals surface area contributed by atoms with E-state index in [9.17, 15) is 0 Å². The number of imidazole rings is 1. The zero-order chi connectivity index (χ0) is 20.2. The highest BCUT2D eigenvalue weighted by Gasteiger charge is 2.14. The number of hydrogen-bond donors (Lipinski definition) is 0. The largest absolute Gasteiger partial charge is 0.358 e. The molecule has 5 heteroatoms. The van der Waals surface area contributed by atoms with Crippen molar-refractivity contribution in [2.45, 2.75) is 26.1 Å². The Bertz CT molecular complexity index is 1150. The first-order valence-corrected chi connectivity index (χ1v) is 11.4. The molecule has 0 saturated heterocycles. The summed E-state index contributed by atoms with van der Waals surface area (Å²) < 4.78 is 3.27. The lowest BCUT2D eigenvalue weighted by Crippen LogP contribution is -2.26. The minimum Gasteiger partial charge on any atom is -0.358 e. The first-order valence-electron chi connectivity index (χ1n) is 10.0. The van der Waals surface area contributed by atoms with Gasteiger partial charge in [-0.15, -0.1) is 0 Å². The van der Waals surface area contributed by atoms with Gasteiger partial charge in [0.15, 0.2) is 0 Å². The zero-order valence-electron chi connectivity index (χ0n) is 16.8. The molecule has 3 nitrogen and oxygen atoms in total. The number of thiocarbonyl (C=S) groups is 1. The fraction of sp³-hybridized carbons (Fsp3) is 0.250. The highest BCUT2D eigenvalue weighted by molar-refractivity contribution is 8.22. The molecule has 0 unspecified atom stereocenters. The van der Waals surface area contributed by atoms with Gasteiger partial charge in [-0.05, 0) is 48.4 Å². The van der Waals surface area contributed by atoms with Crippen molar-refractivity contribution in [1.82, 2.24) is 14.5 Å². The van der Waals surface area contributed by atoms with Crippen LogP contribution in [0.25, 0.3) is 21.8 Å². The van der Waals surface area contributed by atoms with E-state index < -0.39 is 0 Å². The summed E-state index contributed by atoms with van der Waals surface area (Å²) >= 11 is 7.33. The van der Waals surface area contributed by atoms with Crippen molar-refractivity contribution >= 4 is 50.1 Å². The fourth-order valence-electron chi connectivity index (χ4n) is 3.63. The highest BCUT2D eigenvalue weighted by Crippen LogP contribution is 2.24. The average Bonchev–Trinajstić information content (AvgIpc) is 3.10. The third-order valence-corrected chi connectivity index (χ3v) is 6.75. The van der Waals surface area contributed by atoms with Crippen LogP contribution in [0, 0.1) is 0 Å². The molecule has 29 heavy (non-hydrogen) atoms. The fourth-order valence-corrected chi connectivity index (χ4v) is 4.98. The second kappa shape index (κ2) is 8.97. The second-order valence-corrected chi connectivity index (χ2v) is 8.62. The summed E-state index contributed by atoms with van der Waals surface area (Å²) in [5, 5.41) is 2.54. The number of thioether (sulfide) groups is 1. The molecule has 0 aliphatic carbocycles. The molecule has 0 radical (unpaired) electrons. The predicted octanol–water partition coefficient (Wildman–Crippen LogP) is 6.10. The van der Waals surface area contributed by atoms with Gasteiger partial charge in [-0.3, -0.25) is 0 Å². The molecule has 0 bridgehead atoms. The summed E-state index contributed by atoms with van der Waals surface area (Å²) in [6, 6.07) is 23.6. The van der Waals surface area contributed by atoms with Crippen LogP contribution in [0.2, 0.25) is 0 Å². The number of aromatic nitrogens is 2. The van der Waals surface area contributed by atoms with Crippen molar-refractivity contribution in [2.24, 2.45) is 0 Å². The standard InChI is InChI=1S/C24H25N3S2/c1-3-26(4-2)24(28)29-17-23-25-21-11-7-8-12-22(21)27(23)16-18-13-14-19-9-5-6-10-20(19)15-18/h5-15H,3-4,16-17H2,1-2H3. The van der Waals surface area contributed by atoms with Gasteiger partial charge in [0.25, 0.3) is 0 Å². The van der Waals surface area contributed by atoms with E-state index in [1.54, 1.807) is 11.8 Å². The van der Waals surface area contributed by atoms with Gasteiger partial charge >= 0.3 is 0 Å². The number of hydrogen-bond acceptors (Lipinski definition) is 3. The van der Waals surface area contributed by atoms with Gasteiger partial charge in [0.05, 0.1) is 16.8 Å². The highest BCUT2D eigenvalue weighted by atomic mass is 32.2. The summed E-state index contributed by atoms with van der Waals surface area (Å²) in [5.74, 6) is 1.84. The van der Waals surface area contributed by atoms with E-state index in [2.05, 4.69) is 84.0 Å². The van der Waals surface area contributed by atoms with Crippen molar-refractivity contribution in [1.29, 1.82) is 0 Å². The van der Waals surface area contributed by atoms with Crippen LogP contribution in [-0.2, 0) is 12.3 Å². The summed E-state index contributed by atoms with van der Waals surface area (Å²) in [5.41, 5.74) is 3.49. The van der Waals surface area contributed by atoms with E-state index in [-0.39, 0.29) is 0 Å². The van der Waals surface area contributed by atoms with E-state index in [0.717, 1.165) is 41.0 Å². The monoisotopic (exact) mass is 419 g/mol. The minimum atomic E-state index is 0.775. The Kier molecular flexibility index (Phi) is 6.16. The molecular weight excluding hydrogens is 394 g/mol. The van der Waals surface area contributed by atoms with E-state index in [1.165, 1.54) is 21.9 Å². The van der Waals surface area contributed by atoms with E-state index >= 15 is 0 Å². The number of nitrogens with zero attached hydrogens (tertiary/aromatic N) is 3. The quantitative estimate of drug-likeness (QED) is 0.352.